The number of carbonyl (C=O) groups excluding carboxylic acids is 2. The van der Waals surface area contributed by atoms with Crippen LogP contribution in [0.4, 0.5) is 5.69 Å². The first-order valence-corrected chi connectivity index (χ1v) is 14.2. The predicted molar refractivity (Wildman–Crippen MR) is 153 cm³/mol. The summed E-state index contributed by atoms with van der Waals surface area (Å²) in [7, 11) is -3.97. The summed E-state index contributed by atoms with van der Waals surface area (Å²) < 4.78 is 28.6. The van der Waals surface area contributed by atoms with Gasteiger partial charge in [0, 0.05) is 23.2 Å². The van der Waals surface area contributed by atoms with E-state index in [0.717, 1.165) is 31.8 Å². The van der Waals surface area contributed by atoms with E-state index in [9.17, 15) is 18.0 Å². The van der Waals surface area contributed by atoms with Crippen LogP contribution in [0.25, 0.3) is 0 Å². The second-order valence-electron chi connectivity index (χ2n) is 9.32. The van der Waals surface area contributed by atoms with Gasteiger partial charge < -0.3 is 10.6 Å². The first-order chi connectivity index (χ1) is 17.9. The largest absolute Gasteiger partial charge is 0.352 e. The van der Waals surface area contributed by atoms with E-state index in [0.29, 0.717) is 17.7 Å². The lowest BCUT2D eigenvalue weighted by molar-refractivity contribution is 0.0952. The number of unbranched alkanes of at least 4 members (excludes halogenated alkanes) is 1. The van der Waals surface area contributed by atoms with Crippen molar-refractivity contribution in [3.8, 4) is 0 Å². The molecule has 38 heavy (non-hydrogen) atoms. The Hall–Kier alpha value is -3.20. The molecule has 1 heterocycles. The standard InChI is InChI=1S/C29H33N3O4S.ClH/c33-28(23-9-2-1-3-10-23)26-11-4-5-12-27(26)32-37(35,36)25-15-13-24(14-16-25)29(34)31-19-7-6-8-22-17-20-30-21-18-22;/h1-5,9-16,22,30,32H,6-8,17-21H2,(H,31,34);1H. The number of rotatable bonds is 11. The zero-order chi connectivity index (χ0) is 26.1. The zero-order valence-corrected chi connectivity index (χ0v) is 22.8. The molecule has 1 aliphatic heterocycles. The minimum atomic E-state index is -3.97. The number of carbonyl (C=O) groups is 2. The number of halogens is 1. The van der Waals surface area contributed by atoms with Crippen LogP contribution in [0.2, 0.25) is 0 Å². The Balaban J connectivity index is 0.00000400. The molecule has 3 N–H and O–H groups in total. The molecule has 7 nitrogen and oxygen atoms in total. The third kappa shape index (κ3) is 7.90. The highest BCUT2D eigenvalue weighted by atomic mass is 35.5. The van der Waals surface area contributed by atoms with E-state index in [1.165, 1.54) is 43.5 Å². The summed E-state index contributed by atoms with van der Waals surface area (Å²) in [5, 5.41) is 6.29. The van der Waals surface area contributed by atoms with E-state index in [1.807, 2.05) is 6.07 Å². The number of hydrogen-bond donors (Lipinski definition) is 3. The van der Waals surface area contributed by atoms with Gasteiger partial charge in [0.05, 0.1) is 10.6 Å². The first-order valence-electron chi connectivity index (χ1n) is 12.7. The fraction of sp³-hybridized carbons (Fsp3) is 0.310. The molecule has 202 valence electrons. The van der Waals surface area contributed by atoms with Gasteiger partial charge in [-0.15, -0.1) is 12.4 Å². The molecule has 0 saturated carbocycles. The number of piperidine rings is 1. The highest BCUT2D eigenvalue weighted by molar-refractivity contribution is 7.92. The van der Waals surface area contributed by atoms with E-state index in [1.54, 1.807) is 48.5 Å². The van der Waals surface area contributed by atoms with Gasteiger partial charge >= 0.3 is 0 Å². The van der Waals surface area contributed by atoms with Crippen molar-refractivity contribution in [1.29, 1.82) is 0 Å². The topological polar surface area (TPSA) is 104 Å². The molecule has 1 saturated heterocycles. The molecule has 1 fully saturated rings. The Labute approximate surface area is 230 Å². The lowest BCUT2D eigenvalue weighted by Gasteiger charge is -2.22. The number of hydrogen-bond acceptors (Lipinski definition) is 5. The molecule has 9 heteroatoms. The molecule has 4 rings (SSSR count). The van der Waals surface area contributed by atoms with Crippen molar-refractivity contribution in [2.45, 2.75) is 37.0 Å². The second-order valence-corrected chi connectivity index (χ2v) is 11.0. The van der Waals surface area contributed by atoms with Gasteiger partial charge in [0.2, 0.25) is 0 Å². The first kappa shape index (κ1) is 29.4. The van der Waals surface area contributed by atoms with Crippen LogP contribution >= 0.6 is 12.4 Å². The quantitative estimate of drug-likeness (QED) is 0.227. The van der Waals surface area contributed by atoms with Gasteiger partial charge in [0.15, 0.2) is 5.78 Å². The molecule has 3 aromatic carbocycles. The summed E-state index contributed by atoms with van der Waals surface area (Å²) in [6.45, 7) is 2.79. The average Bonchev–Trinajstić information content (AvgIpc) is 2.93. The predicted octanol–water partition coefficient (Wildman–Crippen LogP) is 5.04. The zero-order valence-electron chi connectivity index (χ0n) is 21.2. The summed E-state index contributed by atoms with van der Waals surface area (Å²) in [5.41, 5.74) is 1.32. The van der Waals surface area contributed by atoms with Crippen molar-refractivity contribution in [3.63, 3.8) is 0 Å². The van der Waals surface area contributed by atoms with Gasteiger partial charge in [-0.25, -0.2) is 8.42 Å². The van der Waals surface area contributed by atoms with Gasteiger partial charge in [-0.1, -0.05) is 55.3 Å². The fourth-order valence-electron chi connectivity index (χ4n) is 4.54. The highest BCUT2D eigenvalue weighted by Crippen LogP contribution is 2.23. The van der Waals surface area contributed by atoms with Crippen LogP contribution in [0.3, 0.4) is 0 Å². The molecule has 0 bridgehead atoms. The lowest BCUT2D eigenvalue weighted by Crippen LogP contribution is -2.28. The second kappa shape index (κ2) is 14.1. The van der Waals surface area contributed by atoms with Crippen LogP contribution in [-0.4, -0.2) is 39.7 Å². The van der Waals surface area contributed by atoms with Crippen molar-refractivity contribution in [3.05, 3.63) is 95.6 Å². The summed E-state index contributed by atoms with van der Waals surface area (Å²) in [6.07, 6.45) is 5.66. The SMILES string of the molecule is Cl.O=C(NCCCCC1CCNCC1)c1ccc(S(=O)(=O)Nc2ccccc2C(=O)c2ccccc2)cc1. The van der Waals surface area contributed by atoms with E-state index in [4.69, 9.17) is 0 Å². The Morgan fingerprint density at radius 3 is 2.18 bits per heavy atom. The number of sulfonamides is 1. The van der Waals surface area contributed by atoms with Crippen LogP contribution in [0.5, 0.6) is 0 Å². The van der Waals surface area contributed by atoms with Gasteiger partial charge in [0.1, 0.15) is 0 Å². The number of para-hydroxylation sites is 1. The molecule has 0 aromatic heterocycles. The molecular formula is C29H34ClN3O4S. The number of nitrogens with one attached hydrogen (secondary N) is 3. The molecule has 0 atom stereocenters. The van der Waals surface area contributed by atoms with Crippen LogP contribution < -0.4 is 15.4 Å². The van der Waals surface area contributed by atoms with Gasteiger partial charge in [-0.3, -0.25) is 14.3 Å². The number of amides is 1. The van der Waals surface area contributed by atoms with E-state index < -0.39 is 10.0 Å². The van der Waals surface area contributed by atoms with Crippen LogP contribution in [-0.2, 0) is 10.0 Å². The minimum Gasteiger partial charge on any atom is -0.352 e. The van der Waals surface area contributed by atoms with Crippen molar-refractivity contribution >= 4 is 39.8 Å². The Morgan fingerprint density at radius 2 is 1.47 bits per heavy atom. The third-order valence-electron chi connectivity index (χ3n) is 6.66. The van der Waals surface area contributed by atoms with Gasteiger partial charge in [-0.05, 0) is 74.7 Å². The maximum absolute atomic E-state index is 13.0. The van der Waals surface area contributed by atoms with E-state index in [2.05, 4.69) is 15.4 Å². The summed E-state index contributed by atoms with van der Waals surface area (Å²) in [5.74, 6) is 0.280. The molecule has 0 unspecified atom stereocenters. The Bertz CT molecular complexity index is 1310. The maximum atomic E-state index is 13.0. The van der Waals surface area contributed by atoms with Crippen molar-refractivity contribution < 1.29 is 18.0 Å². The number of ketones is 1. The molecule has 0 aliphatic carbocycles. The van der Waals surface area contributed by atoms with Crippen LogP contribution in [0.15, 0.2) is 83.8 Å². The van der Waals surface area contributed by atoms with Crippen LogP contribution in [0, 0.1) is 5.92 Å². The molecule has 3 aromatic rings. The Kier molecular flexibility index (Phi) is 10.9. The molecular weight excluding hydrogens is 522 g/mol. The maximum Gasteiger partial charge on any atom is 0.261 e. The van der Waals surface area contributed by atoms with Crippen molar-refractivity contribution in [2.24, 2.45) is 5.92 Å². The molecule has 1 amide bonds. The summed E-state index contributed by atoms with van der Waals surface area (Å²) in [6, 6.07) is 21.0. The van der Waals surface area contributed by atoms with E-state index >= 15 is 0 Å². The average molecular weight is 556 g/mol. The van der Waals surface area contributed by atoms with Crippen LogP contribution in [0.1, 0.15) is 58.4 Å². The van der Waals surface area contributed by atoms with Gasteiger partial charge in [0.25, 0.3) is 15.9 Å². The summed E-state index contributed by atoms with van der Waals surface area (Å²) in [4.78, 5) is 25.4. The number of anilines is 1. The van der Waals surface area contributed by atoms with Crippen molar-refractivity contribution in [2.75, 3.05) is 24.4 Å². The molecule has 0 radical (unpaired) electrons. The van der Waals surface area contributed by atoms with Crippen molar-refractivity contribution in [1.82, 2.24) is 10.6 Å². The van der Waals surface area contributed by atoms with Gasteiger partial charge in [-0.2, -0.15) is 0 Å². The Morgan fingerprint density at radius 1 is 0.816 bits per heavy atom. The molecule has 0 spiro atoms. The van der Waals surface area contributed by atoms with E-state index in [-0.39, 0.29) is 40.2 Å². The lowest BCUT2D eigenvalue weighted by atomic mass is 9.92. The monoisotopic (exact) mass is 555 g/mol. The summed E-state index contributed by atoms with van der Waals surface area (Å²) >= 11 is 0. The minimum absolute atomic E-state index is 0. The highest BCUT2D eigenvalue weighted by Gasteiger charge is 2.20. The smallest absolute Gasteiger partial charge is 0.261 e. The molecule has 1 aliphatic rings. The third-order valence-corrected chi connectivity index (χ3v) is 8.04. The fourth-order valence-corrected chi connectivity index (χ4v) is 5.62. The normalized spacial score (nSPS) is 13.8. The number of benzene rings is 3.